The van der Waals surface area contributed by atoms with E-state index < -0.39 is 0 Å². The molecule has 96 valence electrons. The lowest BCUT2D eigenvalue weighted by molar-refractivity contribution is 0.654. The maximum absolute atomic E-state index is 5.96. The summed E-state index contributed by atoms with van der Waals surface area (Å²) < 4.78 is 4.35. The van der Waals surface area contributed by atoms with E-state index in [1.165, 1.54) is 22.7 Å². The maximum Gasteiger partial charge on any atom is 0.147 e. The van der Waals surface area contributed by atoms with Crippen LogP contribution in [0.15, 0.2) is 24.3 Å². The van der Waals surface area contributed by atoms with Crippen molar-refractivity contribution in [2.45, 2.75) is 25.8 Å². The van der Waals surface area contributed by atoms with Crippen molar-refractivity contribution in [2.75, 3.05) is 6.54 Å². The molecule has 18 heavy (non-hydrogen) atoms. The van der Waals surface area contributed by atoms with E-state index in [9.17, 15) is 0 Å². The Hall–Kier alpha value is -1.30. The Kier molecular flexibility index (Phi) is 4.41. The third-order valence-electron chi connectivity index (χ3n) is 2.72. The van der Waals surface area contributed by atoms with Crippen molar-refractivity contribution < 1.29 is 0 Å². The van der Waals surface area contributed by atoms with Gasteiger partial charge in [0.1, 0.15) is 10.8 Å². The lowest BCUT2D eigenvalue weighted by atomic mass is 10.1. The molecule has 0 saturated heterocycles. The van der Waals surface area contributed by atoms with Crippen molar-refractivity contribution in [1.29, 1.82) is 0 Å². The molecule has 0 aliphatic carbocycles. The van der Waals surface area contributed by atoms with E-state index in [0.29, 0.717) is 6.54 Å². The number of aryl methyl sites for hydroxylation is 1. The molecule has 0 bridgehead atoms. The minimum atomic E-state index is -0.0845. The number of aromatic nitrogens is 2. The largest absolute Gasteiger partial charge is 0.330 e. The van der Waals surface area contributed by atoms with Crippen molar-refractivity contribution in [3.8, 4) is 0 Å². The highest BCUT2D eigenvalue weighted by molar-refractivity contribution is 7.05. The number of nitrogens with two attached hydrogens (primary N) is 2. The second kappa shape index (κ2) is 6.04. The fourth-order valence-electron chi connectivity index (χ4n) is 1.80. The molecule has 2 rings (SSSR count). The van der Waals surface area contributed by atoms with Gasteiger partial charge in [-0.25, -0.2) is 4.98 Å². The molecule has 2 aromatic rings. The van der Waals surface area contributed by atoms with Crippen molar-refractivity contribution in [1.82, 2.24) is 9.36 Å². The summed E-state index contributed by atoms with van der Waals surface area (Å²) in [6, 6.07) is 8.30. The standard InChI is InChI=1S/C13H18N4S/c1-9-3-2-4-10(7-9)8-12-16-13(18-17-12)11(15)5-6-14/h2-4,7,11H,5-6,8,14-15H2,1H3. The fraction of sp³-hybridized carbons (Fsp3) is 0.385. The quantitative estimate of drug-likeness (QED) is 0.861. The molecular formula is C13H18N4S. The first-order valence-electron chi connectivity index (χ1n) is 6.02. The van der Waals surface area contributed by atoms with Crippen molar-refractivity contribution in [3.63, 3.8) is 0 Å². The first-order chi connectivity index (χ1) is 8.69. The Balaban J connectivity index is 2.06. The highest BCUT2D eigenvalue weighted by Crippen LogP contribution is 2.17. The highest BCUT2D eigenvalue weighted by atomic mass is 32.1. The van der Waals surface area contributed by atoms with E-state index in [1.54, 1.807) is 0 Å². The lowest BCUT2D eigenvalue weighted by Gasteiger charge is -2.04. The van der Waals surface area contributed by atoms with Gasteiger partial charge in [-0.15, -0.1) is 0 Å². The molecule has 1 heterocycles. The monoisotopic (exact) mass is 262 g/mol. The summed E-state index contributed by atoms with van der Waals surface area (Å²) in [5.74, 6) is 0.841. The SMILES string of the molecule is Cc1cccc(Cc2nsc(C(N)CCN)n2)c1. The van der Waals surface area contributed by atoms with E-state index in [1.807, 2.05) is 0 Å². The average Bonchev–Trinajstić information content (AvgIpc) is 2.78. The number of benzene rings is 1. The summed E-state index contributed by atoms with van der Waals surface area (Å²) in [5, 5.41) is 0.878. The number of nitrogens with zero attached hydrogens (tertiary/aromatic N) is 2. The third kappa shape index (κ3) is 3.35. The van der Waals surface area contributed by atoms with Crippen LogP contribution in [-0.4, -0.2) is 15.9 Å². The summed E-state index contributed by atoms with van der Waals surface area (Å²) in [7, 11) is 0. The summed E-state index contributed by atoms with van der Waals surface area (Å²) in [6.07, 6.45) is 1.51. The summed E-state index contributed by atoms with van der Waals surface area (Å²) >= 11 is 1.38. The zero-order valence-electron chi connectivity index (χ0n) is 10.5. The van der Waals surface area contributed by atoms with E-state index in [-0.39, 0.29) is 6.04 Å². The Bertz CT molecular complexity index is 509. The van der Waals surface area contributed by atoms with Gasteiger partial charge in [0.15, 0.2) is 0 Å². The molecule has 0 aliphatic heterocycles. The number of rotatable bonds is 5. The molecular weight excluding hydrogens is 244 g/mol. The number of hydrogen-bond acceptors (Lipinski definition) is 5. The van der Waals surface area contributed by atoms with Crippen LogP contribution >= 0.6 is 11.5 Å². The van der Waals surface area contributed by atoms with Crippen LogP contribution < -0.4 is 11.5 Å². The molecule has 0 fully saturated rings. The maximum atomic E-state index is 5.96. The van der Waals surface area contributed by atoms with E-state index >= 15 is 0 Å². The topological polar surface area (TPSA) is 77.8 Å². The lowest BCUT2D eigenvalue weighted by Crippen LogP contribution is -2.15. The van der Waals surface area contributed by atoms with Gasteiger partial charge in [0.2, 0.25) is 0 Å². The number of hydrogen-bond donors (Lipinski definition) is 2. The highest BCUT2D eigenvalue weighted by Gasteiger charge is 2.11. The second-order valence-corrected chi connectivity index (χ2v) is 5.18. The predicted molar refractivity (Wildman–Crippen MR) is 74.5 cm³/mol. The van der Waals surface area contributed by atoms with Crippen LogP contribution in [0.3, 0.4) is 0 Å². The Morgan fingerprint density at radius 1 is 1.39 bits per heavy atom. The average molecular weight is 262 g/mol. The molecule has 1 aromatic heterocycles. The molecule has 4 N–H and O–H groups in total. The van der Waals surface area contributed by atoms with Crippen LogP contribution in [0.25, 0.3) is 0 Å². The molecule has 1 unspecified atom stereocenters. The van der Waals surface area contributed by atoms with Crippen molar-refractivity contribution in [2.24, 2.45) is 11.5 Å². The molecule has 0 saturated carbocycles. The van der Waals surface area contributed by atoms with Crippen LogP contribution in [0, 0.1) is 6.92 Å². The van der Waals surface area contributed by atoms with Crippen LogP contribution in [0.2, 0.25) is 0 Å². The Morgan fingerprint density at radius 3 is 2.94 bits per heavy atom. The van der Waals surface area contributed by atoms with Crippen molar-refractivity contribution in [3.05, 3.63) is 46.2 Å². The molecule has 0 radical (unpaired) electrons. The predicted octanol–water partition coefficient (Wildman–Crippen LogP) is 1.79. The molecule has 0 amide bonds. The van der Waals surface area contributed by atoms with Gasteiger partial charge in [0.05, 0.1) is 6.04 Å². The van der Waals surface area contributed by atoms with Crippen molar-refractivity contribution >= 4 is 11.5 Å². The first-order valence-corrected chi connectivity index (χ1v) is 6.80. The molecule has 0 aliphatic rings. The van der Waals surface area contributed by atoms with Crippen LogP contribution in [0.4, 0.5) is 0 Å². The van der Waals surface area contributed by atoms with Gasteiger partial charge >= 0.3 is 0 Å². The molecule has 0 spiro atoms. The normalized spacial score (nSPS) is 12.6. The second-order valence-electron chi connectivity index (χ2n) is 4.40. The summed E-state index contributed by atoms with van der Waals surface area (Å²) in [4.78, 5) is 4.48. The van der Waals surface area contributed by atoms with Gasteiger partial charge in [0.25, 0.3) is 0 Å². The Morgan fingerprint density at radius 2 is 2.22 bits per heavy atom. The van der Waals surface area contributed by atoms with E-state index in [0.717, 1.165) is 23.7 Å². The first kappa shape index (κ1) is 13.1. The van der Waals surface area contributed by atoms with Gasteiger partial charge in [-0.2, -0.15) is 4.37 Å². The summed E-state index contributed by atoms with van der Waals surface area (Å²) in [5.41, 5.74) is 13.9. The molecule has 1 aromatic carbocycles. The summed E-state index contributed by atoms with van der Waals surface area (Å²) in [6.45, 7) is 2.66. The van der Waals surface area contributed by atoms with E-state index in [2.05, 4.69) is 40.5 Å². The minimum Gasteiger partial charge on any atom is -0.330 e. The fourth-order valence-corrected chi connectivity index (χ4v) is 2.50. The van der Waals surface area contributed by atoms with Crippen LogP contribution in [-0.2, 0) is 6.42 Å². The van der Waals surface area contributed by atoms with Crippen LogP contribution in [0.5, 0.6) is 0 Å². The molecule has 5 heteroatoms. The van der Waals surface area contributed by atoms with Gasteiger partial charge in [-0.1, -0.05) is 29.8 Å². The minimum absolute atomic E-state index is 0.0845. The zero-order valence-corrected chi connectivity index (χ0v) is 11.3. The van der Waals surface area contributed by atoms with Gasteiger partial charge in [0, 0.05) is 6.42 Å². The van der Waals surface area contributed by atoms with Crippen LogP contribution in [0.1, 0.15) is 34.4 Å². The van der Waals surface area contributed by atoms with Gasteiger partial charge < -0.3 is 11.5 Å². The molecule has 1 atom stereocenters. The van der Waals surface area contributed by atoms with E-state index in [4.69, 9.17) is 11.5 Å². The van der Waals surface area contributed by atoms with Gasteiger partial charge in [-0.3, -0.25) is 0 Å². The zero-order chi connectivity index (χ0) is 13.0. The Labute approximate surface area is 111 Å². The third-order valence-corrected chi connectivity index (χ3v) is 3.61. The van der Waals surface area contributed by atoms with Gasteiger partial charge in [-0.05, 0) is 37.0 Å². The smallest absolute Gasteiger partial charge is 0.147 e. The molecule has 4 nitrogen and oxygen atoms in total.